The van der Waals surface area contributed by atoms with Crippen LogP contribution in [-0.2, 0) is 14.3 Å². The highest BCUT2D eigenvalue weighted by Crippen LogP contribution is 2.22. The summed E-state index contributed by atoms with van der Waals surface area (Å²) in [6, 6.07) is 9.19. The smallest absolute Gasteiger partial charge is 0.309 e. The first-order valence-electron chi connectivity index (χ1n) is 10.3. The lowest BCUT2D eigenvalue weighted by Gasteiger charge is -2.30. The highest BCUT2D eigenvalue weighted by molar-refractivity contribution is 5.92. The van der Waals surface area contributed by atoms with E-state index in [1.807, 2.05) is 4.90 Å². The molecule has 0 aliphatic carbocycles. The number of nitrogens with one attached hydrogen (secondary N) is 1. The van der Waals surface area contributed by atoms with Gasteiger partial charge in [0, 0.05) is 31.5 Å². The van der Waals surface area contributed by atoms with Crippen LogP contribution in [0.3, 0.4) is 0 Å². The maximum absolute atomic E-state index is 13.2. The number of piperidine rings is 1. The Labute approximate surface area is 184 Å². The van der Waals surface area contributed by atoms with E-state index >= 15 is 0 Å². The van der Waals surface area contributed by atoms with Gasteiger partial charge in [-0.1, -0.05) is 0 Å². The molecule has 4 rings (SSSR count). The molecule has 1 N–H and O–H groups in total. The second kappa shape index (κ2) is 9.54. The van der Waals surface area contributed by atoms with Gasteiger partial charge < -0.3 is 15.0 Å². The van der Waals surface area contributed by atoms with Crippen molar-refractivity contribution in [2.75, 3.05) is 29.9 Å². The van der Waals surface area contributed by atoms with E-state index in [9.17, 15) is 14.0 Å². The van der Waals surface area contributed by atoms with Gasteiger partial charge in [0.1, 0.15) is 11.6 Å². The van der Waals surface area contributed by atoms with Gasteiger partial charge in [-0.05, 0) is 50.1 Å². The maximum atomic E-state index is 13.2. The van der Waals surface area contributed by atoms with Crippen LogP contribution in [0.25, 0.3) is 5.69 Å². The van der Waals surface area contributed by atoms with Crippen molar-refractivity contribution in [1.29, 1.82) is 0 Å². The Kier molecular flexibility index (Phi) is 6.39. The van der Waals surface area contributed by atoms with Crippen LogP contribution in [-0.4, -0.2) is 51.3 Å². The van der Waals surface area contributed by atoms with Crippen LogP contribution in [0.1, 0.15) is 18.5 Å². The second-order valence-electron chi connectivity index (χ2n) is 7.53. The van der Waals surface area contributed by atoms with Crippen LogP contribution in [0.4, 0.5) is 16.2 Å². The fourth-order valence-electron chi connectivity index (χ4n) is 3.57. The van der Waals surface area contributed by atoms with Crippen molar-refractivity contribution in [3.05, 3.63) is 60.3 Å². The number of anilines is 2. The molecule has 0 radical (unpaired) electrons. The van der Waals surface area contributed by atoms with Gasteiger partial charge in [0.25, 0.3) is 5.91 Å². The number of esters is 1. The zero-order valence-corrected chi connectivity index (χ0v) is 17.6. The second-order valence-corrected chi connectivity index (χ2v) is 7.53. The molecule has 1 aliphatic heterocycles. The number of halogens is 1. The summed E-state index contributed by atoms with van der Waals surface area (Å²) in [4.78, 5) is 35.3. The minimum absolute atomic E-state index is 0.269. The molecule has 32 heavy (non-hydrogen) atoms. The number of amides is 1. The molecule has 0 saturated carbocycles. The molecule has 1 amide bonds. The SMILES string of the molecule is Cc1cc(NC(=O)COC(=O)C2CCN(c3ncccn3)CC2)n(-c2ccc(F)cc2)n1. The Morgan fingerprint density at radius 3 is 2.53 bits per heavy atom. The van der Waals surface area contributed by atoms with Gasteiger partial charge in [-0.25, -0.2) is 19.0 Å². The average Bonchev–Trinajstić information content (AvgIpc) is 3.18. The molecule has 10 heteroatoms. The third kappa shape index (κ3) is 5.08. The molecule has 1 fully saturated rings. The molecule has 2 aromatic heterocycles. The van der Waals surface area contributed by atoms with Gasteiger partial charge in [0.05, 0.1) is 17.3 Å². The Balaban J connectivity index is 1.28. The standard InChI is InChI=1S/C22H23FN6O3/c1-15-13-19(29(27-15)18-5-3-17(23)4-6-18)26-20(30)14-32-21(31)16-7-11-28(12-8-16)22-24-9-2-10-25-22/h2-6,9-10,13,16H,7-8,11-12,14H2,1H3,(H,26,30). The summed E-state index contributed by atoms with van der Waals surface area (Å²) in [6.07, 6.45) is 4.58. The van der Waals surface area contributed by atoms with Crippen LogP contribution in [0, 0.1) is 18.7 Å². The summed E-state index contributed by atoms with van der Waals surface area (Å²) in [5.41, 5.74) is 1.27. The third-order valence-corrected chi connectivity index (χ3v) is 5.18. The monoisotopic (exact) mass is 438 g/mol. The van der Waals surface area contributed by atoms with Crippen molar-refractivity contribution in [3.8, 4) is 5.69 Å². The number of aryl methyl sites for hydroxylation is 1. The predicted molar refractivity (Wildman–Crippen MR) is 115 cm³/mol. The lowest BCUT2D eigenvalue weighted by Crippen LogP contribution is -2.38. The van der Waals surface area contributed by atoms with Crippen LogP contribution >= 0.6 is 0 Å². The van der Waals surface area contributed by atoms with Crippen LogP contribution in [0.15, 0.2) is 48.8 Å². The summed E-state index contributed by atoms with van der Waals surface area (Å²) >= 11 is 0. The van der Waals surface area contributed by atoms with Gasteiger partial charge in [0.15, 0.2) is 6.61 Å². The van der Waals surface area contributed by atoms with E-state index in [0.29, 0.717) is 49.1 Å². The fourth-order valence-corrected chi connectivity index (χ4v) is 3.57. The lowest BCUT2D eigenvalue weighted by atomic mass is 9.97. The van der Waals surface area contributed by atoms with Gasteiger partial charge in [-0.2, -0.15) is 5.10 Å². The third-order valence-electron chi connectivity index (χ3n) is 5.18. The van der Waals surface area contributed by atoms with Crippen molar-refractivity contribution in [2.45, 2.75) is 19.8 Å². The minimum atomic E-state index is -0.475. The molecule has 1 aliphatic rings. The molecule has 3 heterocycles. The van der Waals surface area contributed by atoms with Crippen LogP contribution in [0.2, 0.25) is 0 Å². The molecule has 166 valence electrons. The number of benzene rings is 1. The van der Waals surface area contributed by atoms with E-state index in [4.69, 9.17) is 4.74 Å². The lowest BCUT2D eigenvalue weighted by molar-refractivity contribution is -0.152. The van der Waals surface area contributed by atoms with Crippen molar-refractivity contribution in [2.24, 2.45) is 5.92 Å². The van der Waals surface area contributed by atoms with E-state index in [1.54, 1.807) is 43.6 Å². The highest BCUT2D eigenvalue weighted by atomic mass is 19.1. The molecule has 1 saturated heterocycles. The van der Waals surface area contributed by atoms with E-state index < -0.39 is 18.5 Å². The average molecular weight is 438 g/mol. The van der Waals surface area contributed by atoms with Gasteiger partial charge in [-0.3, -0.25) is 9.59 Å². The fraction of sp³-hybridized carbons (Fsp3) is 0.318. The molecule has 1 aromatic carbocycles. The number of rotatable bonds is 6. The van der Waals surface area contributed by atoms with Crippen LogP contribution < -0.4 is 10.2 Å². The normalized spacial score (nSPS) is 14.2. The topological polar surface area (TPSA) is 102 Å². The highest BCUT2D eigenvalue weighted by Gasteiger charge is 2.27. The van der Waals surface area contributed by atoms with Gasteiger partial charge in [-0.15, -0.1) is 0 Å². The van der Waals surface area contributed by atoms with Gasteiger partial charge in [0.2, 0.25) is 5.95 Å². The quantitative estimate of drug-likeness (QED) is 0.590. The summed E-state index contributed by atoms with van der Waals surface area (Å²) in [7, 11) is 0. The minimum Gasteiger partial charge on any atom is -0.455 e. The number of carbonyl (C=O) groups is 2. The number of carbonyl (C=O) groups excluding carboxylic acids is 2. The van der Waals surface area contributed by atoms with E-state index in [1.165, 1.54) is 16.8 Å². The number of ether oxygens (including phenoxy) is 1. The van der Waals surface area contributed by atoms with Gasteiger partial charge >= 0.3 is 5.97 Å². The van der Waals surface area contributed by atoms with Crippen molar-refractivity contribution < 1.29 is 18.7 Å². The molecule has 0 unspecified atom stereocenters. The van der Waals surface area contributed by atoms with Crippen LogP contribution in [0.5, 0.6) is 0 Å². The Morgan fingerprint density at radius 2 is 1.84 bits per heavy atom. The zero-order chi connectivity index (χ0) is 22.5. The molecular formula is C22H23FN6O3. The number of nitrogens with zero attached hydrogens (tertiary/aromatic N) is 5. The Morgan fingerprint density at radius 1 is 1.16 bits per heavy atom. The summed E-state index contributed by atoms with van der Waals surface area (Å²) in [6.45, 7) is 2.68. The molecule has 0 atom stereocenters. The first kappa shape index (κ1) is 21.4. The molecule has 0 spiro atoms. The number of hydrogen-bond acceptors (Lipinski definition) is 7. The molecule has 3 aromatic rings. The summed E-state index contributed by atoms with van der Waals surface area (Å²) in [5, 5.41) is 7.02. The molecule has 9 nitrogen and oxygen atoms in total. The largest absolute Gasteiger partial charge is 0.455 e. The Hall–Kier alpha value is -3.82. The van der Waals surface area contributed by atoms with E-state index in [2.05, 4.69) is 20.4 Å². The number of aromatic nitrogens is 4. The van der Waals surface area contributed by atoms with E-state index in [0.717, 1.165) is 0 Å². The van der Waals surface area contributed by atoms with Crippen molar-refractivity contribution >= 4 is 23.6 Å². The predicted octanol–water partition coefficient (Wildman–Crippen LogP) is 2.51. The Bertz CT molecular complexity index is 1080. The summed E-state index contributed by atoms with van der Waals surface area (Å²) in [5.74, 6) is -0.446. The molecule has 0 bridgehead atoms. The van der Waals surface area contributed by atoms with Crippen molar-refractivity contribution in [3.63, 3.8) is 0 Å². The number of hydrogen-bond donors (Lipinski definition) is 1. The maximum Gasteiger partial charge on any atom is 0.309 e. The zero-order valence-electron chi connectivity index (χ0n) is 17.6. The van der Waals surface area contributed by atoms with Crippen molar-refractivity contribution in [1.82, 2.24) is 19.7 Å². The summed E-state index contributed by atoms with van der Waals surface area (Å²) < 4.78 is 19.9. The van der Waals surface area contributed by atoms with E-state index in [-0.39, 0.29) is 11.7 Å². The first-order chi connectivity index (χ1) is 15.5. The first-order valence-corrected chi connectivity index (χ1v) is 10.3. The molecular weight excluding hydrogens is 415 g/mol.